The minimum absolute atomic E-state index is 0.121. The Labute approximate surface area is 147 Å². The molecular formula is C20H22N2O3. The number of hydrogen-bond acceptors (Lipinski definition) is 3. The van der Waals surface area contributed by atoms with E-state index in [0.717, 1.165) is 34.4 Å². The summed E-state index contributed by atoms with van der Waals surface area (Å²) in [5, 5.41) is 4.05. The summed E-state index contributed by atoms with van der Waals surface area (Å²) in [5.41, 5.74) is 2.37. The van der Waals surface area contributed by atoms with Gasteiger partial charge in [0.15, 0.2) is 0 Å². The first-order valence-electron chi connectivity index (χ1n) is 8.26. The molecule has 130 valence electrons. The normalized spacial score (nSPS) is 12.0. The monoisotopic (exact) mass is 338 g/mol. The molecule has 3 rings (SSSR count). The van der Waals surface area contributed by atoms with Crippen molar-refractivity contribution < 1.29 is 14.3 Å². The van der Waals surface area contributed by atoms with Gasteiger partial charge in [0.2, 0.25) is 0 Å². The third-order valence-electron chi connectivity index (χ3n) is 4.30. The fourth-order valence-corrected chi connectivity index (χ4v) is 2.95. The number of aromatic amines is 1. The molecular weight excluding hydrogens is 316 g/mol. The average molecular weight is 338 g/mol. The van der Waals surface area contributed by atoms with Crippen LogP contribution in [0.4, 0.5) is 0 Å². The summed E-state index contributed by atoms with van der Waals surface area (Å²) < 4.78 is 10.6. The predicted octanol–water partition coefficient (Wildman–Crippen LogP) is 4.07. The Hall–Kier alpha value is -2.95. The summed E-state index contributed by atoms with van der Waals surface area (Å²) in [7, 11) is 3.26. The van der Waals surface area contributed by atoms with Crippen molar-refractivity contribution in [2.45, 2.75) is 19.4 Å². The summed E-state index contributed by atoms with van der Waals surface area (Å²) in [4.78, 5) is 15.9. The van der Waals surface area contributed by atoms with Gasteiger partial charge in [-0.2, -0.15) is 0 Å². The molecule has 0 saturated carbocycles. The van der Waals surface area contributed by atoms with Crippen molar-refractivity contribution in [1.29, 1.82) is 0 Å². The topological polar surface area (TPSA) is 63.3 Å². The molecule has 1 heterocycles. The van der Waals surface area contributed by atoms with Crippen LogP contribution in [0.2, 0.25) is 0 Å². The molecule has 0 saturated heterocycles. The molecule has 0 aliphatic heterocycles. The van der Waals surface area contributed by atoms with Crippen molar-refractivity contribution >= 4 is 16.8 Å². The van der Waals surface area contributed by atoms with Crippen molar-refractivity contribution in [1.82, 2.24) is 10.3 Å². The molecule has 1 aromatic heterocycles. The largest absolute Gasteiger partial charge is 0.497 e. The third-order valence-corrected chi connectivity index (χ3v) is 4.30. The van der Waals surface area contributed by atoms with Gasteiger partial charge in [0.05, 0.1) is 20.3 Å². The van der Waals surface area contributed by atoms with Crippen LogP contribution in [0.15, 0.2) is 48.5 Å². The molecule has 0 radical (unpaired) electrons. The molecule has 0 aliphatic rings. The van der Waals surface area contributed by atoms with E-state index in [1.165, 1.54) is 0 Å². The van der Waals surface area contributed by atoms with Crippen LogP contribution >= 0.6 is 0 Å². The van der Waals surface area contributed by atoms with E-state index in [1.54, 1.807) is 14.2 Å². The molecule has 1 amide bonds. The van der Waals surface area contributed by atoms with Gasteiger partial charge in [-0.1, -0.05) is 25.1 Å². The van der Waals surface area contributed by atoms with E-state index in [4.69, 9.17) is 9.47 Å². The number of carbonyl (C=O) groups excluding carboxylic acids is 1. The minimum Gasteiger partial charge on any atom is -0.497 e. The zero-order chi connectivity index (χ0) is 17.8. The maximum Gasteiger partial charge on any atom is 0.268 e. The number of amides is 1. The highest BCUT2D eigenvalue weighted by molar-refractivity contribution is 5.98. The number of para-hydroxylation sites is 1. The van der Waals surface area contributed by atoms with Crippen molar-refractivity contribution in [3.63, 3.8) is 0 Å². The molecule has 3 aromatic rings. The van der Waals surface area contributed by atoms with Crippen LogP contribution in [0, 0.1) is 0 Å². The van der Waals surface area contributed by atoms with Crippen LogP contribution in [0.25, 0.3) is 10.9 Å². The first-order valence-corrected chi connectivity index (χ1v) is 8.26. The fraction of sp³-hybridized carbons (Fsp3) is 0.250. The number of carbonyl (C=O) groups is 1. The maximum atomic E-state index is 12.7. The van der Waals surface area contributed by atoms with E-state index in [0.29, 0.717) is 5.69 Å². The van der Waals surface area contributed by atoms with Gasteiger partial charge >= 0.3 is 0 Å². The first-order chi connectivity index (χ1) is 12.2. The minimum atomic E-state index is -0.145. The van der Waals surface area contributed by atoms with E-state index in [2.05, 4.69) is 10.3 Å². The summed E-state index contributed by atoms with van der Waals surface area (Å²) >= 11 is 0. The number of nitrogens with one attached hydrogen (secondary N) is 2. The van der Waals surface area contributed by atoms with Crippen LogP contribution in [0.1, 0.15) is 35.4 Å². The van der Waals surface area contributed by atoms with Crippen molar-refractivity contribution in [3.8, 4) is 11.5 Å². The van der Waals surface area contributed by atoms with Crippen LogP contribution in [0.3, 0.4) is 0 Å². The number of H-pyrrole nitrogens is 1. The molecule has 1 atom stereocenters. The molecule has 2 N–H and O–H groups in total. The van der Waals surface area contributed by atoms with Gasteiger partial charge < -0.3 is 19.8 Å². The summed E-state index contributed by atoms with van der Waals surface area (Å²) in [6.45, 7) is 2.04. The van der Waals surface area contributed by atoms with E-state index in [9.17, 15) is 4.79 Å². The standard InChI is InChI=1S/C20H22N2O3/c1-4-16(15-7-5-6-8-19(15)25-3)22-20(23)18-11-13-9-10-14(24-2)12-17(13)21-18/h5-12,16,21H,4H2,1-3H3,(H,22,23). The number of aromatic nitrogens is 1. The number of fused-ring (bicyclic) bond motifs is 1. The second-order valence-electron chi connectivity index (χ2n) is 5.81. The summed E-state index contributed by atoms with van der Waals surface area (Å²) in [5.74, 6) is 1.38. The Morgan fingerprint density at radius 2 is 1.92 bits per heavy atom. The fourth-order valence-electron chi connectivity index (χ4n) is 2.95. The van der Waals surface area contributed by atoms with Crippen LogP contribution in [-0.4, -0.2) is 25.1 Å². The van der Waals surface area contributed by atoms with E-state index >= 15 is 0 Å². The Bertz CT molecular complexity index is 886. The predicted molar refractivity (Wildman–Crippen MR) is 98.3 cm³/mol. The highest BCUT2D eigenvalue weighted by Gasteiger charge is 2.18. The van der Waals surface area contributed by atoms with Gasteiger partial charge in [-0.25, -0.2) is 0 Å². The van der Waals surface area contributed by atoms with Crippen LogP contribution < -0.4 is 14.8 Å². The van der Waals surface area contributed by atoms with Gasteiger partial charge in [0, 0.05) is 22.5 Å². The molecule has 0 aliphatic carbocycles. The second-order valence-corrected chi connectivity index (χ2v) is 5.81. The lowest BCUT2D eigenvalue weighted by Crippen LogP contribution is -2.28. The molecule has 0 fully saturated rings. The van der Waals surface area contributed by atoms with Crippen molar-refractivity contribution in [2.24, 2.45) is 0 Å². The number of methoxy groups -OCH3 is 2. The average Bonchev–Trinajstić information content (AvgIpc) is 3.09. The molecule has 1 unspecified atom stereocenters. The van der Waals surface area contributed by atoms with E-state index < -0.39 is 0 Å². The Morgan fingerprint density at radius 3 is 2.64 bits per heavy atom. The zero-order valence-corrected chi connectivity index (χ0v) is 14.6. The van der Waals surface area contributed by atoms with E-state index in [1.807, 2.05) is 55.5 Å². The Morgan fingerprint density at radius 1 is 1.12 bits per heavy atom. The lowest BCUT2D eigenvalue weighted by molar-refractivity contribution is 0.0931. The molecule has 0 spiro atoms. The highest BCUT2D eigenvalue weighted by atomic mass is 16.5. The maximum absolute atomic E-state index is 12.7. The highest BCUT2D eigenvalue weighted by Crippen LogP contribution is 2.27. The smallest absolute Gasteiger partial charge is 0.268 e. The van der Waals surface area contributed by atoms with Gasteiger partial charge in [0.1, 0.15) is 17.2 Å². The van der Waals surface area contributed by atoms with Gasteiger partial charge in [-0.15, -0.1) is 0 Å². The number of rotatable bonds is 6. The summed E-state index contributed by atoms with van der Waals surface area (Å²) in [6, 6.07) is 15.2. The second kappa shape index (κ2) is 7.30. The molecule has 25 heavy (non-hydrogen) atoms. The molecule has 5 heteroatoms. The molecule has 2 aromatic carbocycles. The van der Waals surface area contributed by atoms with Gasteiger partial charge in [-0.05, 0) is 30.7 Å². The Balaban J connectivity index is 1.85. The van der Waals surface area contributed by atoms with Gasteiger partial charge in [-0.3, -0.25) is 4.79 Å². The SMILES string of the molecule is CCC(NC(=O)c1cc2ccc(OC)cc2[nH]1)c1ccccc1OC. The van der Waals surface area contributed by atoms with Gasteiger partial charge in [0.25, 0.3) is 5.91 Å². The quantitative estimate of drug-likeness (QED) is 0.712. The lowest BCUT2D eigenvalue weighted by atomic mass is 10.0. The number of hydrogen-bond donors (Lipinski definition) is 2. The summed E-state index contributed by atoms with van der Waals surface area (Å²) in [6.07, 6.45) is 0.764. The zero-order valence-electron chi connectivity index (χ0n) is 14.6. The molecule has 5 nitrogen and oxygen atoms in total. The Kier molecular flexibility index (Phi) is 4.93. The number of benzene rings is 2. The molecule has 0 bridgehead atoms. The number of ether oxygens (including phenoxy) is 2. The van der Waals surface area contributed by atoms with Crippen LogP contribution in [-0.2, 0) is 0 Å². The van der Waals surface area contributed by atoms with Crippen LogP contribution in [0.5, 0.6) is 11.5 Å². The lowest BCUT2D eigenvalue weighted by Gasteiger charge is -2.19. The van der Waals surface area contributed by atoms with Crippen molar-refractivity contribution in [3.05, 3.63) is 59.8 Å². The third kappa shape index (κ3) is 3.45. The van der Waals surface area contributed by atoms with E-state index in [-0.39, 0.29) is 11.9 Å². The van der Waals surface area contributed by atoms with Crippen molar-refractivity contribution in [2.75, 3.05) is 14.2 Å². The first kappa shape index (κ1) is 16.9.